The molecule has 0 saturated carbocycles. The number of nitrogens with one attached hydrogen (secondary N) is 1. The van der Waals surface area contributed by atoms with Crippen molar-refractivity contribution in [2.24, 2.45) is 0 Å². The second-order valence-electron chi connectivity index (χ2n) is 3.04. The smallest absolute Gasteiger partial charge is 0.179 e. The molecule has 0 aliphatic carbocycles. The van der Waals surface area contributed by atoms with Gasteiger partial charge in [0.15, 0.2) is 9.84 Å². The number of hydrogen-bond acceptors (Lipinski definition) is 4. The summed E-state index contributed by atoms with van der Waals surface area (Å²) < 4.78 is 23.1. The van der Waals surface area contributed by atoms with E-state index in [2.05, 4.69) is 0 Å². The molecule has 1 rings (SSSR count). The topological polar surface area (TPSA) is 66.4 Å². The number of hydrogen-bond donors (Lipinski definition) is 2. The third-order valence-corrected chi connectivity index (χ3v) is 3.59. The van der Waals surface area contributed by atoms with E-state index in [0.717, 1.165) is 5.56 Å². The fraction of sp³-hybridized carbons (Fsp3) is 0.333. The average molecular weight is 215 g/mol. The summed E-state index contributed by atoms with van der Waals surface area (Å²) in [5.41, 5.74) is 2.84. The van der Waals surface area contributed by atoms with Crippen LogP contribution >= 0.6 is 0 Å². The van der Waals surface area contributed by atoms with Gasteiger partial charge in [-0.05, 0) is 19.1 Å². The number of benzene rings is 1. The van der Waals surface area contributed by atoms with E-state index in [1.807, 2.05) is 12.4 Å². The van der Waals surface area contributed by atoms with Gasteiger partial charge in [-0.3, -0.25) is 0 Å². The van der Waals surface area contributed by atoms with Crippen LogP contribution in [0.3, 0.4) is 0 Å². The first-order valence-electron chi connectivity index (χ1n) is 4.22. The molecule has 0 spiro atoms. The Hall–Kier alpha value is -0.910. The Bertz CT molecular complexity index is 383. The van der Waals surface area contributed by atoms with Crippen molar-refractivity contribution in [3.05, 3.63) is 29.8 Å². The van der Waals surface area contributed by atoms with Gasteiger partial charge in [-0.1, -0.05) is 17.7 Å². The summed E-state index contributed by atoms with van der Waals surface area (Å²) >= 11 is 0. The Kier molecular flexibility index (Phi) is 3.62. The molecule has 5 heteroatoms. The lowest BCUT2D eigenvalue weighted by Gasteiger charge is -2.03. The molecule has 4 nitrogen and oxygen atoms in total. The predicted octanol–water partition coefficient (Wildman–Crippen LogP) is 0.748. The number of sulfone groups is 1. The highest BCUT2D eigenvalue weighted by molar-refractivity contribution is 7.91. The largest absolute Gasteiger partial charge is 0.317 e. The van der Waals surface area contributed by atoms with E-state index in [0.29, 0.717) is 4.90 Å². The van der Waals surface area contributed by atoms with Gasteiger partial charge in [-0.15, -0.1) is 0 Å². The summed E-state index contributed by atoms with van der Waals surface area (Å²) in [6, 6.07) is 6.64. The summed E-state index contributed by atoms with van der Waals surface area (Å²) in [7, 11) is -3.26. The van der Waals surface area contributed by atoms with E-state index in [-0.39, 0.29) is 12.3 Å². The Labute approximate surface area is 83.4 Å². The normalized spacial score (nSPS) is 11.6. The zero-order chi connectivity index (χ0) is 10.6. The highest BCUT2D eigenvalue weighted by atomic mass is 32.2. The molecule has 1 aromatic carbocycles. The van der Waals surface area contributed by atoms with Crippen LogP contribution in [0.4, 0.5) is 0 Å². The molecule has 14 heavy (non-hydrogen) atoms. The minimum absolute atomic E-state index is 0.0379. The van der Waals surface area contributed by atoms with Crippen LogP contribution in [0.5, 0.6) is 0 Å². The Balaban J connectivity index is 2.87. The van der Waals surface area contributed by atoms with E-state index < -0.39 is 9.84 Å². The van der Waals surface area contributed by atoms with Crippen LogP contribution in [0.2, 0.25) is 0 Å². The van der Waals surface area contributed by atoms with Gasteiger partial charge < -0.3 is 5.21 Å². The molecule has 78 valence electrons. The van der Waals surface area contributed by atoms with E-state index in [9.17, 15) is 8.42 Å². The zero-order valence-electron chi connectivity index (χ0n) is 7.90. The summed E-state index contributed by atoms with van der Waals surface area (Å²) in [6.07, 6.45) is 0. The van der Waals surface area contributed by atoms with Crippen molar-refractivity contribution in [2.45, 2.75) is 11.8 Å². The first-order valence-corrected chi connectivity index (χ1v) is 5.88. The van der Waals surface area contributed by atoms with Crippen molar-refractivity contribution in [2.75, 3.05) is 12.3 Å². The lowest BCUT2D eigenvalue weighted by Crippen LogP contribution is -2.19. The van der Waals surface area contributed by atoms with Gasteiger partial charge in [-0.25, -0.2) is 13.9 Å². The maximum absolute atomic E-state index is 11.6. The third kappa shape index (κ3) is 2.80. The lowest BCUT2D eigenvalue weighted by molar-refractivity contribution is 0.173. The first kappa shape index (κ1) is 11.2. The monoisotopic (exact) mass is 215 g/mol. The van der Waals surface area contributed by atoms with Crippen molar-refractivity contribution in [1.82, 2.24) is 5.48 Å². The van der Waals surface area contributed by atoms with Gasteiger partial charge in [0.2, 0.25) is 0 Å². The molecule has 0 radical (unpaired) electrons. The molecule has 0 fully saturated rings. The maximum Gasteiger partial charge on any atom is 0.179 e. The van der Waals surface area contributed by atoms with E-state index >= 15 is 0 Å². The fourth-order valence-electron chi connectivity index (χ4n) is 1.04. The van der Waals surface area contributed by atoms with Crippen LogP contribution in [0, 0.1) is 6.92 Å². The zero-order valence-corrected chi connectivity index (χ0v) is 8.71. The van der Waals surface area contributed by atoms with Crippen LogP contribution < -0.4 is 5.48 Å². The third-order valence-electron chi connectivity index (χ3n) is 1.86. The summed E-state index contributed by atoms with van der Waals surface area (Å²) in [6.45, 7) is 1.93. The van der Waals surface area contributed by atoms with Crippen LogP contribution in [0.25, 0.3) is 0 Å². The number of rotatable bonds is 4. The highest BCUT2D eigenvalue weighted by Crippen LogP contribution is 2.11. The van der Waals surface area contributed by atoms with Crippen LogP contribution in [0.1, 0.15) is 5.56 Å². The van der Waals surface area contributed by atoms with E-state index in [1.165, 1.54) is 0 Å². The Morgan fingerprint density at radius 1 is 1.29 bits per heavy atom. The van der Waals surface area contributed by atoms with Crippen molar-refractivity contribution in [1.29, 1.82) is 0 Å². The highest BCUT2D eigenvalue weighted by Gasteiger charge is 2.12. The minimum Gasteiger partial charge on any atom is -0.317 e. The number of aryl methyl sites for hydroxylation is 1. The summed E-state index contributed by atoms with van der Waals surface area (Å²) in [4.78, 5) is 0.290. The van der Waals surface area contributed by atoms with Crippen molar-refractivity contribution in [3.63, 3.8) is 0 Å². The first-order chi connectivity index (χ1) is 6.56. The van der Waals surface area contributed by atoms with Gasteiger partial charge in [0.1, 0.15) is 0 Å². The second kappa shape index (κ2) is 4.54. The molecule has 0 unspecified atom stereocenters. The molecule has 0 aliphatic rings. The van der Waals surface area contributed by atoms with Crippen LogP contribution in [0.15, 0.2) is 29.2 Å². The van der Waals surface area contributed by atoms with Crippen molar-refractivity contribution >= 4 is 9.84 Å². The summed E-state index contributed by atoms with van der Waals surface area (Å²) in [5.74, 6) is -0.105. The quantitative estimate of drug-likeness (QED) is 0.727. The summed E-state index contributed by atoms with van der Waals surface area (Å²) in [5, 5.41) is 8.31. The molecule has 2 N–H and O–H groups in total. The minimum atomic E-state index is -3.26. The SMILES string of the molecule is Cc1ccc(S(=O)(=O)CCNO)cc1. The van der Waals surface area contributed by atoms with E-state index in [4.69, 9.17) is 5.21 Å². The molecule has 0 amide bonds. The number of hydroxylamine groups is 1. The predicted molar refractivity (Wildman–Crippen MR) is 53.0 cm³/mol. The van der Waals surface area contributed by atoms with Gasteiger partial charge in [0.25, 0.3) is 0 Å². The molecule has 0 heterocycles. The molecule has 0 aromatic heterocycles. The second-order valence-corrected chi connectivity index (χ2v) is 5.15. The Morgan fingerprint density at radius 2 is 1.86 bits per heavy atom. The molecule has 0 saturated heterocycles. The van der Waals surface area contributed by atoms with Crippen molar-refractivity contribution in [3.8, 4) is 0 Å². The standard InChI is InChI=1S/C9H13NO3S/c1-8-2-4-9(5-3-8)14(12,13)7-6-10-11/h2-5,10-11H,6-7H2,1H3. The van der Waals surface area contributed by atoms with Gasteiger partial charge in [0, 0.05) is 6.54 Å². The lowest BCUT2D eigenvalue weighted by atomic mass is 10.2. The molecule has 0 atom stereocenters. The van der Waals surface area contributed by atoms with Crippen LogP contribution in [-0.2, 0) is 9.84 Å². The van der Waals surface area contributed by atoms with Crippen LogP contribution in [-0.4, -0.2) is 25.9 Å². The fourth-order valence-corrected chi connectivity index (χ4v) is 2.19. The molecular formula is C9H13NO3S. The molecular weight excluding hydrogens is 202 g/mol. The van der Waals surface area contributed by atoms with Gasteiger partial charge >= 0.3 is 0 Å². The molecule has 0 aliphatic heterocycles. The average Bonchev–Trinajstić information content (AvgIpc) is 2.16. The van der Waals surface area contributed by atoms with Crippen molar-refractivity contribution < 1.29 is 13.6 Å². The molecule has 0 bridgehead atoms. The molecule has 1 aromatic rings. The van der Waals surface area contributed by atoms with Gasteiger partial charge in [0.05, 0.1) is 10.6 Å². The van der Waals surface area contributed by atoms with E-state index in [1.54, 1.807) is 24.3 Å². The Morgan fingerprint density at radius 3 is 2.36 bits per heavy atom. The van der Waals surface area contributed by atoms with Gasteiger partial charge in [-0.2, -0.15) is 0 Å². The maximum atomic E-state index is 11.6.